The van der Waals surface area contributed by atoms with Crippen molar-refractivity contribution in [3.8, 4) is 0 Å². The number of likely N-dealkylation sites (N-methyl/N-ethyl adjacent to an activating group) is 1. The molecule has 0 fully saturated rings. The lowest BCUT2D eigenvalue weighted by molar-refractivity contribution is -0.870. The van der Waals surface area contributed by atoms with Gasteiger partial charge in [-0.25, -0.2) is 0 Å². The lowest BCUT2D eigenvalue weighted by atomic mass is 10.1. The zero-order chi connectivity index (χ0) is 56.4. The highest BCUT2D eigenvalue weighted by atomic mass is 31.2. The van der Waals surface area contributed by atoms with Crippen LogP contribution >= 0.6 is 7.82 Å². The Kier molecular flexibility index (Phi) is 54.4. The van der Waals surface area contributed by atoms with Crippen molar-refractivity contribution >= 4 is 19.7 Å². The Morgan fingerprint density at radius 2 is 0.792 bits per heavy atom. The zero-order valence-corrected chi connectivity index (χ0v) is 51.8. The maximum Gasteiger partial charge on any atom is 0.306 e. The van der Waals surface area contributed by atoms with Crippen molar-refractivity contribution in [2.24, 2.45) is 0 Å². The number of hydrogen-bond acceptors (Lipinski definition) is 7. The molecule has 9 nitrogen and oxygen atoms in total. The number of nitrogens with zero attached hydrogens (tertiary/aromatic N) is 1. The Morgan fingerprint density at radius 1 is 0.455 bits per heavy atom. The van der Waals surface area contributed by atoms with Crippen LogP contribution in [0.15, 0.2) is 85.1 Å². The molecule has 0 aromatic heterocycles. The number of quaternary nitrogens is 1. The van der Waals surface area contributed by atoms with Gasteiger partial charge in [0.1, 0.15) is 19.3 Å². The van der Waals surface area contributed by atoms with Gasteiger partial charge in [0.05, 0.1) is 33.8 Å². The number of carbonyl (C=O) groups is 2. The molecule has 0 radical (unpaired) electrons. The fourth-order valence-corrected chi connectivity index (χ4v) is 9.55. The van der Waals surface area contributed by atoms with Crippen molar-refractivity contribution in [2.75, 3.05) is 40.9 Å². The van der Waals surface area contributed by atoms with Crippen LogP contribution in [0.25, 0.3) is 0 Å². The second-order valence-electron chi connectivity index (χ2n) is 22.6. The second-order valence-corrected chi connectivity index (χ2v) is 24.0. The van der Waals surface area contributed by atoms with Crippen molar-refractivity contribution in [2.45, 2.75) is 290 Å². The van der Waals surface area contributed by atoms with Crippen LogP contribution in [0.3, 0.4) is 0 Å². The van der Waals surface area contributed by atoms with Crippen LogP contribution < -0.4 is 10.2 Å². The Labute approximate surface area is 476 Å². The van der Waals surface area contributed by atoms with E-state index < -0.39 is 26.6 Å². The first-order valence-electron chi connectivity index (χ1n) is 31.9. The predicted octanol–water partition coefficient (Wildman–Crippen LogP) is 19.1. The standard InChI is InChI=1S/C67H121N2O7P/c1-7-10-13-16-19-22-25-27-29-31-32-33-34-35-36-38-39-41-44-47-50-53-56-59-66(70)68-64(63-75-77(72,73)74-62-61-69(4,5)6)65(58-55-52-49-46-43-24-21-18-15-12-9-3)76-67(71)60-57-54-51-48-45-42-40-37-30-28-26-23-20-17-14-11-8-2/h19-20,22-23,27-30,32-33,35-36,55,58,64-65H,7-18,21,24-26,31,34,37-54,56-57,59-63H2,1-6H3,(H-,68,70,72,73)/b22-19-,23-20-,29-27-,30-28-,33-32-,36-35-,58-55-. The van der Waals surface area contributed by atoms with E-state index in [1.807, 2.05) is 33.3 Å². The summed E-state index contributed by atoms with van der Waals surface area (Å²) in [5.74, 6) is -0.563. The molecule has 10 heteroatoms. The summed E-state index contributed by atoms with van der Waals surface area (Å²) in [6, 6.07) is -0.901. The van der Waals surface area contributed by atoms with Crippen molar-refractivity contribution < 1.29 is 37.3 Å². The SMILES string of the molecule is CCCCC/C=C\C/C=C\C/C=C\C/C=C\CCCCCCCCCC(=O)NC(COP(=O)([O-])OCC[N+](C)(C)C)C(/C=C\CCCCCCCCCCC)OC(=O)CCCCCCCCC/C=C\C/C=C\CCCCC. The van der Waals surface area contributed by atoms with E-state index in [1.165, 1.54) is 135 Å². The zero-order valence-electron chi connectivity index (χ0n) is 50.9. The summed E-state index contributed by atoms with van der Waals surface area (Å²) in [5.41, 5.74) is 0. The molecular weight excluding hydrogens is 976 g/mol. The van der Waals surface area contributed by atoms with Crippen LogP contribution in [0.1, 0.15) is 278 Å². The van der Waals surface area contributed by atoms with Crippen molar-refractivity contribution in [3.05, 3.63) is 85.1 Å². The van der Waals surface area contributed by atoms with E-state index in [2.05, 4.69) is 99.0 Å². The third kappa shape index (κ3) is 57.7. The summed E-state index contributed by atoms with van der Waals surface area (Å²) in [7, 11) is 1.17. The third-order valence-electron chi connectivity index (χ3n) is 13.8. The van der Waals surface area contributed by atoms with Gasteiger partial charge >= 0.3 is 5.97 Å². The number of phosphoric acid groups is 1. The fourth-order valence-electron chi connectivity index (χ4n) is 8.83. The summed E-state index contributed by atoms with van der Waals surface area (Å²) >= 11 is 0. The maximum absolute atomic E-state index is 13.5. The summed E-state index contributed by atoms with van der Waals surface area (Å²) < 4.78 is 30.3. The van der Waals surface area contributed by atoms with Gasteiger partial charge in [0.2, 0.25) is 5.91 Å². The quantitative estimate of drug-likeness (QED) is 0.0212. The monoisotopic (exact) mass is 1100 g/mol. The van der Waals surface area contributed by atoms with Gasteiger partial charge in [0.15, 0.2) is 0 Å². The molecule has 1 N–H and O–H groups in total. The summed E-state index contributed by atoms with van der Waals surface area (Å²) in [6.07, 6.45) is 74.0. The van der Waals surface area contributed by atoms with Gasteiger partial charge in [0, 0.05) is 12.8 Å². The van der Waals surface area contributed by atoms with E-state index in [1.54, 1.807) is 0 Å². The molecular formula is C67H121N2O7P. The molecule has 0 aromatic carbocycles. The Hall–Kier alpha value is -2.81. The van der Waals surface area contributed by atoms with Crippen LogP contribution in [0.5, 0.6) is 0 Å². The van der Waals surface area contributed by atoms with Gasteiger partial charge < -0.3 is 28.5 Å². The van der Waals surface area contributed by atoms with E-state index in [0.717, 1.165) is 109 Å². The average molecular weight is 1100 g/mol. The number of phosphoric ester groups is 1. The lowest BCUT2D eigenvalue weighted by Gasteiger charge is -2.30. The molecule has 0 heterocycles. The molecule has 77 heavy (non-hydrogen) atoms. The smallest absolute Gasteiger partial charge is 0.306 e. The minimum atomic E-state index is -4.71. The minimum Gasteiger partial charge on any atom is -0.756 e. The molecule has 0 aromatic rings. The van der Waals surface area contributed by atoms with Gasteiger partial charge in [-0.2, -0.15) is 0 Å². The first-order valence-corrected chi connectivity index (χ1v) is 33.4. The molecule has 3 unspecified atom stereocenters. The van der Waals surface area contributed by atoms with Gasteiger partial charge in [-0.1, -0.05) is 241 Å². The van der Waals surface area contributed by atoms with Crippen LogP contribution in [0, 0.1) is 0 Å². The van der Waals surface area contributed by atoms with Crippen molar-refractivity contribution in [3.63, 3.8) is 0 Å². The van der Waals surface area contributed by atoms with Crippen molar-refractivity contribution in [1.29, 1.82) is 0 Å². The normalized spacial score (nSPS) is 14.2. The molecule has 3 atom stereocenters. The highest BCUT2D eigenvalue weighted by molar-refractivity contribution is 7.45. The molecule has 0 rings (SSSR count). The van der Waals surface area contributed by atoms with E-state index in [-0.39, 0.29) is 24.9 Å². The van der Waals surface area contributed by atoms with Gasteiger partial charge in [-0.3, -0.25) is 14.2 Å². The molecule has 1 amide bonds. The third-order valence-corrected chi connectivity index (χ3v) is 14.8. The van der Waals surface area contributed by atoms with E-state index >= 15 is 0 Å². The van der Waals surface area contributed by atoms with Gasteiger partial charge in [-0.05, 0) is 109 Å². The van der Waals surface area contributed by atoms with E-state index in [9.17, 15) is 19.0 Å². The number of allylic oxidation sites excluding steroid dienone is 13. The number of esters is 1. The molecule has 0 saturated heterocycles. The van der Waals surface area contributed by atoms with Crippen LogP contribution in [0.2, 0.25) is 0 Å². The number of nitrogens with one attached hydrogen (secondary N) is 1. The second kappa shape index (κ2) is 56.5. The summed E-state index contributed by atoms with van der Waals surface area (Å²) in [6.45, 7) is 6.77. The van der Waals surface area contributed by atoms with Crippen LogP contribution in [-0.4, -0.2) is 69.4 Å². The number of carbonyl (C=O) groups excluding carboxylic acids is 2. The van der Waals surface area contributed by atoms with Gasteiger partial charge in [-0.15, -0.1) is 0 Å². The molecule has 446 valence electrons. The largest absolute Gasteiger partial charge is 0.756 e. The minimum absolute atomic E-state index is 0.0293. The fraction of sp³-hybridized carbons (Fsp3) is 0.761. The lowest BCUT2D eigenvalue weighted by Crippen LogP contribution is -2.47. The number of ether oxygens (including phenoxy) is 1. The van der Waals surface area contributed by atoms with E-state index in [4.69, 9.17) is 13.8 Å². The molecule has 0 bridgehead atoms. The maximum atomic E-state index is 13.5. The first kappa shape index (κ1) is 74.2. The molecule has 0 aliphatic heterocycles. The predicted molar refractivity (Wildman–Crippen MR) is 330 cm³/mol. The number of hydrogen-bond donors (Lipinski definition) is 1. The number of unbranched alkanes of at least 4 members (excludes halogenated alkanes) is 29. The first-order chi connectivity index (χ1) is 37.4. The highest BCUT2D eigenvalue weighted by Crippen LogP contribution is 2.38. The van der Waals surface area contributed by atoms with Crippen LogP contribution in [0.4, 0.5) is 0 Å². The summed E-state index contributed by atoms with van der Waals surface area (Å²) in [4.78, 5) is 40.0. The molecule has 0 aliphatic carbocycles. The average Bonchev–Trinajstić information content (AvgIpc) is 3.39. The van der Waals surface area contributed by atoms with Gasteiger partial charge in [0.25, 0.3) is 7.82 Å². The topological polar surface area (TPSA) is 114 Å². The Balaban J connectivity index is 5.21. The molecule has 0 spiro atoms. The van der Waals surface area contributed by atoms with Crippen molar-refractivity contribution in [1.82, 2.24) is 5.32 Å². The van der Waals surface area contributed by atoms with Crippen LogP contribution in [-0.2, 0) is 27.9 Å². The molecule has 0 saturated carbocycles. The Morgan fingerprint density at radius 3 is 1.21 bits per heavy atom. The highest BCUT2D eigenvalue weighted by Gasteiger charge is 2.27. The van der Waals surface area contributed by atoms with E-state index in [0.29, 0.717) is 17.4 Å². The number of rotatable bonds is 57. The molecule has 0 aliphatic rings. The summed E-state index contributed by atoms with van der Waals surface area (Å²) in [5, 5.41) is 3.02. The number of amides is 1. The Bertz CT molecular complexity index is 1590.